The Morgan fingerprint density at radius 2 is 1.42 bits per heavy atom. The molecule has 2 heteroatoms. The molecule has 0 radical (unpaired) electrons. The van der Waals surface area contributed by atoms with E-state index in [1.165, 1.54) is 5.56 Å². The van der Waals surface area contributed by atoms with Gasteiger partial charge in [0.15, 0.2) is 0 Å². The molecule has 24 heavy (non-hydrogen) atoms. The lowest BCUT2D eigenvalue weighted by Crippen LogP contribution is -1.90. The third-order valence-electron chi connectivity index (χ3n) is 4.26. The van der Waals surface area contributed by atoms with Crippen molar-refractivity contribution < 1.29 is 5.11 Å². The number of fused-ring (bicyclic) bond motifs is 3. The highest BCUT2D eigenvalue weighted by atomic mass is 16.3. The smallest absolute Gasteiger partial charge is 0.124 e. The first kappa shape index (κ1) is 14.5. The molecule has 4 rings (SSSR count). The lowest BCUT2D eigenvalue weighted by atomic mass is 10.0. The van der Waals surface area contributed by atoms with Gasteiger partial charge in [0.1, 0.15) is 5.76 Å². The highest BCUT2D eigenvalue weighted by Crippen LogP contribution is 2.28. The van der Waals surface area contributed by atoms with E-state index in [-0.39, 0.29) is 5.76 Å². The Hall–Kier alpha value is -3.13. The fraction of sp³-hybridized carbons (Fsp3) is 0.0455. The van der Waals surface area contributed by atoms with E-state index >= 15 is 0 Å². The molecular formula is C22H17NO. The van der Waals surface area contributed by atoms with Crippen LogP contribution in [0.2, 0.25) is 0 Å². The van der Waals surface area contributed by atoms with E-state index in [9.17, 15) is 5.11 Å². The summed E-state index contributed by atoms with van der Waals surface area (Å²) >= 11 is 0. The minimum absolute atomic E-state index is 0.225. The molecule has 0 spiro atoms. The van der Waals surface area contributed by atoms with Gasteiger partial charge in [0.25, 0.3) is 0 Å². The number of pyridine rings is 1. The molecular weight excluding hydrogens is 294 g/mol. The molecule has 0 saturated heterocycles. The normalized spacial score (nSPS) is 12.0. The molecule has 0 bridgehead atoms. The summed E-state index contributed by atoms with van der Waals surface area (Å²) in [4.78, 5) is 4.75. The number of aromatic nitrogens is 1. The maximum atomic E-state index is 10.5. The van der Waals surface area contributed by atoms with E-state index in [4.69, 9.17) is 4.98 Å². The molecule has 116 valence electrons. The predicted molar refractivity (Wildman–Crippen MR) is 101 cm³/mol. The Labute approximate surface area is 140 Å². The average Bonchev–Trinajstić information content (AvgIpc) is 2.62. The van der Waals surface area contributed by atoms with Crippen LogP contribution < -0.4 is 0 Å². The second kappa shape index (κ2) is 5.82. The molecule has 2 nitrogen and oxygen atoms in total. The van der Waals surface area contributed by atoms with Crippen LogP contribution in [-0.2, 0) is 0 Å². The van der Waals surface area contributed by atoms with Gasteiger partial charge in [-0.2, -0.15) is 0 Å². The summed E-state index contributed by atoms with van der Waals surface area (Å²) in [6.45, 7) is 2.03. The molecule has 1 aromatic heterocycles. The molecule has 0 fully saturated rings. The second-order valence-corrected chi connectivity index (χ2v) is 5.96. The van der Waals surface area contributed by atoms with Crippen molar-refractivity contribution in [3.05, 3.63) is 89.6 Å². The Morgan fingerprint density at radius 1 is 0.792 bits per heavy atom. The molecule has 0 aliphatic rings. The van der Waals surface area contributed by atoms with Gasteiger partial charge in [-0.15, -0.1) is 0 Å². The number of aliphatic hydroxyl groups excluding tert-OH is 1. The molecule has 0 aliphatic heterocycles. The van der Waals surface area contributed by atoms with Gasteiger partial charge in [-0.25, -0.2) is 4.98 Å². The standard InChI is InChI=1S/C22H17NO/c1-15-10-12-16(13-11-15)22(24)14-21-19-8-3-2-6-17(19)18-7-4-5-9-20(18)23-21/h2-14,24H,1H3/b22-14-. The number of aliphatic hydroxyl groups is 1. The predicted octanol–water partition coefficient (Wildman–Crippen LogP) is 5.75. The topological polar surface area (TPSA) is 33.1 Å². The SMILES string of the molecule is Cc1ccc(/C(O)=C/c2nc3ccccc3c3ccccc23)cc1. The maximum absolute atomic E-state index is 10.5. The maximum Gasteiger partial charge on any atom is 0.124 e. The molecule has 1 heterocycles. The number of hydrogen-bond donors (Lipinski definition) is 1. The van der Waals surface area contributed by atoms with Gasteiger partial charge in [0.2, 0.25) is 0 Å². The Kier molecular flexibility index (Phi) is 3.51. The average molecular weight is 311 g/mol. The van der Waals surface area contributed by atoms with E-state index < -0.39 is 0 Å². The first-order chi connectivity index (χ1) is 11.7. The van der Waals surface area contributed by atoms with Crippen LogP contribution in [0.5, 0.6) is 0 Å². The first-order valence-electron chi connectivity index (χ1n) is 7.97. The minimum Gasteiger partial charge on any atom is -0.507 e. The fourth-order valence-electron chi connectivity index (χ4n) is 2.98. The molecule has 1 N–H and O–H groups in total. The van der Waals surface area contributed by atoms with Gasteiger partial charge in [-0.3, -0.25) is 0 Å². The lowest BCUT2D eigenvalue weighted by Gasteiger charge is -2.08. The van der Waals surface area contributed by atoms with Gasteiger partial charge in [-0.05, 0) is 18.4 Å². The zero-order valence-electron chi connectivity index (χ0n) is 13.4. The van der Waals surface area contributed by atoms with Gasteiger partial charge < -0.3 is 5.11 Å². The fourth-order valence-corrected chi connectivity index (χ4v) is 2.98. The van der Waals surface area contributed by atoms with Crippen LogP contribution in [-0.4, -0.2) is 10.1 Å². The van der Waals surface area contributed by atoms with Gasteiger partial charge in [-0.1, -0.05) is 72.3 Å². The van der Waals surface area contributed by atoms with Crippen molar-refractivity contribution in [2.75, 3.05) is 0 Å². The van der Waals surface area contributed by atoms with Crippen LogP contribution >= 0.6 is 0 Å². The lowest BCUT2D eigenvalue weighted by molar-refractivity contribution is 0.515. The summed E-state index contributed by atoms with van der Waals surface area (Å²) in [5.74, 6) is 0.225. The molecule has 0 saturated carbocycles. The summed E-state index contributed by atoms with van der Waals surface area (Å²) in [6, 6.07) is 24.1. The number of benzene rings is 3. The van der Waals surface area contributed by atoms with Gasteiger partial charge >= 0.3 is 0 Å². The van der Waals surface area contributed by atoms with Crippen molar-refractivity contribution in [2.24, 2.45) is 0 Å². The molecule has 3 aromatic carbocycles. The molecule has 0 amide bonds. The van der Waals surface area contributed by atoms with E-state index in [0.717, 1.165) is 32.9 Å². The summed E-state index contributed by atoms with van der Waals surface area (Å²) in [5, 5.41) is 13.8. The van der Waals surface area contributed by atoms with Crippen LogP contribution in [0.4, 0.5) is 0 Å². The van der Waals surface area contributed by atoms with Crippen molar-refractivity contribution in [3.63, 3.8) is 0 Å². The third kappa shape index (κ3) is 2.52. The van der Waals surface area contributed by atoms with Crippen molar-refractivity contribution >= 4 is 33.5 Å². The van der Waals surface area contributed by atoms with Gasteiger partial charge in [0.05, 0.1) is 11.2 Å². The number of para-hydroxylation sites is 1. The molecule has 0 unspecified atom stereocenters. The van der Waals surface area contributed by atoms with Crippen LogP contribution in [0, 0.1) is 6.92 Å². The highest BCUT2D eigenvalue weighted by Gasteiger charge is 2.08. The summed E-state index contributed by atoms with van der Waals surface area (Å²) in [7, 11) is 0. The number of aryl methyl sites for hydroxylation is 1. The van der Waals surface area contributed by atoms with Crippen LogP contribution in [0.1, 0.15) is 16.8 Å². The van der Waals surface area contributed by atoms with E-state index in [1.807, 2.05) is 67.6 Å². The van der Waals surface area contributed by atoms with Crippen molar-refractivity contribution in [1.82, 2.24) is 4.98 Å². The quantitative estimate of drug-likeness (QED) is 0.377. The van der Waals surface area contributed by atoms with Crippen molar-refractivity contribution in [2.45, 2.75) is 6.92 Å². The Morgan fingerprint density at radius 3 is 2.17 bits per heavy atom. The number of rotatable bonds is 2. The number of hydrogen-bond acceptors (Lipinski definition) is 2. The monoisotopic (exact) mass is 311 g/mol. The van der Waals surface area contributed by atoms with Crippen molar-refractivity contribution in [3.8, 4) is 0 Å². The zero-order chi connectivity index (χ0) is 16.5. The largest absolute Gasteiger partial charge is 0.507 e. The second-order valence-electron chi connectivity index (χ2n) is 5.96. The highest BCUT2D eigenvalue weighted by molar-refractivity contribution is 6.08. The Balaban J connectivity index is 1.95. The van der Waals surface area contributed by atoms with E-state index in [2.05, 4.69) is 12.1 Å². The van der Waals surface area contributed by atoms with E-state index in [0.29, 0.717) is 0 Å². The third-order valence-corrected chi connectivity index (χ3v) is 4.26. The zero-order valence-corrected chi connectivity index (χ0v) is 13.4. The molecule has 0 aliphatic carbocycles. The Bertz CT molecular complexity index is 1060. The van der Waals surface area contributed by atoms with E-state index in [1.54, 1.807) is 6.08 Å². The minimum atomic E-state index is 0.225. The van der Waals surface area contributed by atoms with Crippen LogP contribution in [0.25, 0.3) is 33.5 Å². The van der Waals surface area contributed by atoms with Crippen molar-refractivity contribution in [1.29, 1.82) is 0 Å². The number of nitrogens with zero attached hydrogens (tertiary/aromatic N) is 1. The van der Waals surface area contributed by atoms with Gasteiger partial charge in [0, 0.05) is 22.4 Å². The van der Waals surface area contributed by atoms with Crippen LogP contribution in [0.3, 0.4) is 0 Å². The summed E-state index contributed by atoms with van der Waals surface area (Å²) in [6.07, 6.45) is 1.75. The molecule has 0 atom stereocenters. The summed E-state index contributed by atoms with van der Waals surface area (Å²) in [5.41, 5.74) is 3.67. The van der Waals surface area contributed by atoms with Crippen LogP contribution in [0.15, 0.2) is 72.8 Å². The first-order valence-corrected chi connectivity index (χ1v) is 7.97. The molecule has 4 aromatic rings. The summed E-state index contributed by atoms with van der Waals surface area (Å²) < 4.78 is 0.